The molecule has 0 aromatic heterocycles. The van der Waals surface area contributed by atoms with E-state index < -0.39 is 0 Å². The smallest absolute Gasteiger partial charge is 0.114 e. The van der Waals surface area contributed by atoms with Crippen molar-refractivity contribution in [2.24, 2.45) is 0 Å². The fourth-order valence-electron chi connectivity index (χ4n) is 2.70. The van der Waals surface area contributed by atoms with Crippen LogP contribution in [0.3, 0.4) is 0 Å². The van der Waals surface area contributed by atoms with Crippen molar-refractivity contribution < 1.29 is 4.74 Å². The van der Waals surface area contributed by atoms with Gasteiger partial charge in [0.1, 0.15) is 5.76 Å². The summed E-state index contributed by atoms with van der Waals surface area (Å²) < 4.78 is 5.78. The van der Waals surface area contributed by atoms with Crippen LogP contribution in [0.5, 0.6) is 0 Å². The number of benzene rings is 2. The maximum Gasteiger partial charge on any atom is 0.114 e. The molecule has 2 aromatic carbocycles. The van der Waals surface area contributed by atoms with Crippen LogP contribution in [0.15, 0.2) is 54.3 Å². The first-order valence-electron chi connectivity index (χ1n) is 7.43. The predicted molar refractivity (Wildman–Crippen MR) is 83.6 cm³/mol. The molecule has 1 aliphatic rings. The Morgan fingerprint density at radius 3 is 2.75 bits per heavy atom. The molecule has 0 fully saturated rings. The quantitative estimate of drug-likeness (QED) is 0.877. The summed E-state index contributed by atoms with van der Waals surface area (Å²) >= 11 is 0. The molecular formula is C18H21NO. The van der Waals surface area contributed by atoms with Crippen LogP contribution in [0.2, 0.25) is 0 Å². The van der Waals surface area contributed by atoms with Gasteiger partial charge in [0.25, 0.3) is 0 Å². The zero-order valence-corrected chi connectivity index (χ0v) is 11.9. The minimum atomic E-state index is 0.182. The van der Waals surface area contributed by atoms with Crippen molar-refractivity contribution in [3.05, 3.63) is 59.9 Å². The highest BCUT2D eigenvalue weighted by Crippen LogP contribution is 2.28. The lowest BCUT2D eigenvalue weighted by molar-refractivity contribution is 0.215. The number of hydrogen-bond donors (Lipinski definition) is 1. The lowest BCUT2D eigenvalue weighted by Gasteiger charge is -2.20. The summed E-state index contributed by atoms with van der Waals surface area (Å²) in [5.41, 5.74) is 1.28. The first-order chi connectivity index (χ1) is 9.88. The van der Waals surface area contributed by atoms with Crippen molar-refractivity contribution in [1.82, 2.24) is 5.32 Å². The number of fused-ring (bicyclic) bond motifs is 1. The SMILES string of the molecule is CCCNC(C1=CCCO1)c1ccc2ccccc2c1. The molecular weight excluding hydrogens is 246 g/mol. The zero-order chi connectivity index (χ0) is 13.8. The monoisotopic (exact) mass is 267 g/mol. The van der Waals surface area contributed by atoms with E-state index in [4.69, 9.17) is 4.74 Å². The molecule has 2 heteroatoms. The molecule has 0 spiro atoms. The van der Waals surface area contributed by atoms with E-state index in [0.717, 1.165) is 31.8 Å². The maximum absolute atomic E-state index is 5.78. The highest BCUT2D eigenvalue weighted by atomic mass is 16.5. The Kier molecular flexibility index (Phi) is 4.03. The van der Waals surface area contributed by atoms with Crippen LogP contribution in [-0.2, 0) is 4.74 Å². The van der Waals surface area contributed by atoms with Crippen molar-refractivity contribution in [3.63, 3.8) is 0 Å². The van der Waals surface area contributed by atoms with E-state index in [1.165, 1.54) is 16.3 Å². The van der Waals surface area contributed by atoms with Gasteiger partial charge in [-0.3, -0.25) is 0 Å². The molecule has 104 valence electrons. The van der Waals surface area contributed by atoms with E-state index in [0.29, 0.717) is 0 Å². The van der Waals surface area contributed by atoms with Crippen LogP contribution in [0, 0.1) is 0 Å². The van der Waals surface area contributed by atoms with Crippen LogP contribution in [0.25, 0.3) is 10.8 Å². The molecule has 1 atom stereocenters. The predicted octanol–water partition coefficient (Wildman–Crippen LogP) is 4.18. The average molecular weight is 267 g/mol. The number of rotatable bonds is 5. The van der Waals surface area contributed by atoms with Gasteiger partial charge in [-0.1, -0.05) is 43.3 Å². The Morgan fingerprint density at radius 2 is 2.00 bits per heavy atom. The van der Waals surface area contributed by atoms with E-state index >= 15 is 0 Å². The summed E-state index contributed by atoms with van der Waals surface area (Å²) in [7, 11) is 0. The second-order valence-electron chi connectivity index (χ2n) is 5.24. The van der Waals surface area contributed by atoms with Gasteiger partial charge in [-0.25, -0.2) is 0 Å². The van der Waals surface area contributed by atoms with Gasteiger partial charge in [-0.05, 0) is 41.4 Å². The standard InChI is InChI=1S/C18H21NO/c1-2-11-19-18(17-8-5-12-20-17)16-10-9-14-6-3-4-7-15(14)13-16/h3-4,6-10,13,18-19H,2,5,11-12H2,1H3. The first kappa shape index (κ1) is 13.2. The van der Waals surface area contributed by atoms with Crippen LogP contribution in [0.1, 0.15) is 31.4 Å². The second-order valence-corrected chi connectivity index (χ2v) is 5.24. The summed E-state index contributed by atoms with van der Waals surface area (Å²) in [6, 6.07) is 15.3. The minimum Gasteiger partial charge on any atom is -0.496 e. The largest absolute Gasteiger partial charge is 0.496 e. The molecule has 1 aliphatic heterocycles. The first-order valence-corrected chi connectivity index (χ1v) is 7.43. The molecule has 3 rings (SSSR count). The van der Waals surface area contributed by atoms with Gasteiger partial charge in [0.15, 0.2) is 0 Å². The Morgan fingerprint density at radius 1 is 1.15 bits per heavy atom. The Hall–Kier alpha value is -1.80. The Labute approximate surface area is 120 Å². The van der Waals surface area contributed by atoms with Crippen LogP contribution in [-0.4, -0.2) is 13.2 Å². The van der Waals surface area contributed by atoms with Crippen molar-refractivity contribution >= 4 is 10.8 Å². The normalized spacial score (nSPS) is 15.9. The zero-order valence-electron chi connectivity index (χ0n) is 11.9. The Balaban J connectivity index is 1.95. The van der Waals surface area contributed by atoms with Crippen molar-refractivity contribution in [3.8, 4) is 0 Å². The summed E-state index contributed by atoms with van der Waals surface area (Å²) in [6.07, 6.45) is 4.35. The third-order valence-electron chi connectivity index (χ3n) is 3.72. The van der Waals surface area contributed by atoms with Gasteiger partial charge in [-0.2, -0.15) is 0 Å². The molecule has 0 saturated carbocycles. The third-order valence-corrected chi connectivity index (χ3v) is 3.72. The molecule has 0 aliphatic carbocycles. The summed E-state index contributed by atoms with van der Waals surface area (Å²) in [5, 5.41) is 6.17. The lowest BCUT2D eigenvalue weighted by Crippen LogP contribution is -2.24. The van der Waals surface area contributed by atoms with Crippen molar-refractivity contribution in [1.29, 1.82) is 0 Å². The van der Waals surface area contributed by atoms with Gasteiger partial charge in [0, 0.05) is 6.42 Å². The fraction of sp³-hybridized carbons (Fsp3) is 0.333. The molecule has 0 amide bonds. The molecule has 0 saturated heterocycles. The summed E-state index contributed by atoms with van der Waals surface area (Å²) in [5.74, 6) is 1.08. The molecule has 2 aromatic rings. The minimum absolute atomic E-state index is 0.182. The van der Waals surface area contributed by atoms with Gasteiger partial charge in [-0.15, -0.1) is 0 Å². The van der Waals surface area contributed by atoms with Crippen LogP contribution >= 0.6 is 0 Å². The molecule has 20 heavy (non-hydrogen) atoms. The van der Waals surface area contributed by atoms with Gasteiger partial charge in [0.05, 0.1) is 12.6 Å². The second kappa shape index (κ2) is 6.10. The van der Waals surface area contributed by atoms with Crippen molar-refractivity contribution in [2.75, 3.05) is 13.2 Å². The third kappa shape index (κ3) is 2.70. The molecule has 2 nitrogen and oxygen atoms in total. The number of ether oxygens (including phenoxy) is 1. The van der Waals surface area contributed by atoms with E-state index in [2.05, 4.69) is 60.8 Å². The molecule has 1 unspecified atom stereocenters. The highest BCUT2D eigenvalue weighted by molar-refractivity contribution is 5.83. The van der Waals surface area contributed by atoms with E-state index in [9.17, 15) is 0 Å². The van der Waals surface area contributed by atoms with E-state index in [-0.39, 0.29) is 6.04 Å². The molecule has 1 heterocycles. The highest BCUT2D eigenvalue weighted by Gasteiger charge is 2.20. The molecule has 1 N–H and O–H groups in total. The fourth-order valence-corrected chi connectivity index (χ4v) is 2.70. The van der Waals surface area contributed by atoms with E-state index in [1.54, 1.807) is 0 Å². The van der Waals surface area contributed by atoms with E-state index in [1.807, 2.05) is 0 Å². The lowest BCUT2D eigenvalue weighted by atomic mass is 10.00. The van der Waals surface area contributed by atoms with Crippen LogP contribution < -0.4 is 5.32 Å². The molecule has 0 radical (unpaired) electrons. The van der Waals surface area contributed by atoms with Crippen LogP contribution in [0.4, 0.5) is 0 Å². The summed E-state index contributed by atoms with van der Waals surface area (Å²) in [6.45, 7) is 4.00. The number of hydrogen-bond acceptors (Lipinski definition) is 2. The topological polar surface area (TPSA) is 21.3 Å². The summed E-state index contributed by atoms with van der Waals surface area (Å²) in [4.78, 5) is 0. The van der Waals surface area contributed by atoms with Gasteiger partial charge < -0.3 is 10.1 Å². The Bertz CT molecular complexity index is 618. The van der Waals surface area contributed by atoms with Crippen molar-refractivity contribution in [2.45, 2.75) is 25.8 Å². The molecule has 0 bridgehead atoms. The van der Waals surface area contributed by atoms with Gasteiger partial charge in [0.2, 0.25) is 0 Å². The van der Waals surface area contributed by atoms with Gasteiger partial charge >= 0.3 is 0 Å². The number of nitrogens with one attached hydrogen (secondary N) is 1. The maximum atomic E-state index is 5.78. The average Bonchev–Trinajstić information content (AvgIpc) is 3.02.